The zero-order valence-electron chi connectivity index (χ0n) is 11.3. The van der Waals surface area contributed by atoms with Crippen molar-refractivity contribution in [1.82, 2.24) is 10.2 Å². The van der Waals surface area contributed by atoms with Crippen LogP contribution in [0.1, 0.15) is 25.3 Å². The molecular formula is C15H20N2O2. The fourth-order valence-electron chi connectivity index (χ4n) is 2.48. The van der Waals surface area contributed by atoms with Gasteiger partial charge in [-0.1, -0.05) is 37.3 Å². The summed E-state index contributed by atoms with van der Waals surface area (Å²) >= 11 is 0. The Balaban J connectivity index is 1.89. The Kier molecular flexibility index (Phi) is 4.55. The third kappa shape index (κ3) is 3.34. The minimum absolute atomic E-state index is 0.0261. The van der Waals surface area contributed by atoms with Crippen molar-refractivity contribution >= 4 is 11.8 Å². The normalized spacial score (nSPS) is 19.4. The summed E-state index contributed by atoms with van der Waals surface area (Å²) in [6.45, 7) is 2.73. The van der Waals surface area contributed by atoms with E-state index < -0.39 is 0 Å². The number of aryl methyl sites for hydroxylation is 1. The fraction of sp³-hybridized carbons (Fsp3) is 0.467. The Labute approximate surface area is 113 Å². The summed E-state index contributed by atoms with van der Waals surface area (Å²) < 4.78 is 0. The molecule has 2 rings (SSSR count). The summed E-state index contributed by atoms with van der Waals surface area (Å²) in [6.07, 6.45) is 2.49. The molecule has 1 saturated heterocycles. The molecule has 0 saturated carbocycles. The summed E-state index contributed by atoms with van der Waals surface area (Å²) in [4.78, 5) is 25.3. The van der Waals surface area contributed by atoms with E-state index in [2.05, 4.69) is 17.4 Å². The predicted octanol–water partition coefficient (Wildman–Crippen LogP) is 1.36. The molecule has 4 nitrogen and oxygen atoms in total. The molecule has 1 aliphatic heterocycles. The minimum Gasteiger partial charge on any atom is -0.345 e. The first-order chi connectivity index (χ1) is 9.22. The first-order valence-electron chi connectivity index (χ1n) is 6.83. The molecule has 1 aromatic carbocycles. The average molecular weight is 260 g/mol. The molecule has 1 atom stereocenters. The summed E-state index contributed by atoms with van der Waals surface area (Å²) in [5.41, 5.74) is 1.27. The Morgan fingerprint density at radius 3 is 2.68 bits per heavy atom. The molecule has 1 heterocycles. The zero-order chi connectivity index (χ0) is 13.7. The molecule has 1 aromatic rings. The predicted molar refractivity (Wildman–Crippen MR) is 73.6 cm³/mol. The smallest absolute Gasteiger partial charge is 0.243 e. The number of amides is 2. The van der Waals surface area contributed by atoms with Gasteiger partial charge in [0.2, 0.25) is 11.8 Å². The largest absolute Gasteiger partial charge is 0.345 e. The van der Waals surface area contributed by atoms with Crippen LogP contribution in [0.2, 0.25) is 0 Å². The quantitative estimate of drug-likeness (QED) is 0.869. The lowest BCUT2D eigenvalue weighted by Gasteiger charge is -2.34. The van der Waals surface area contributed by atoms with E-state index in [0.717, 1.165) is 12.8 Å². The van der Waals surface area contributed by atoms with Crippen molar-refractivity contribution in [2.75, 3.05) is 13.1 Å². The molecule has 19 heavy (non-hydrogen) atoms. The Morgan fingerprint density at radius 2 is 2.00 bits per heavy atom. The first-order valence-corrected chi connectivity index (χ1v) is 6.83. The number of nitrogens with one attached hydrogen (secondary N) is 1. The lowest BCUT2D eigenvalue weighted by atomic mass is 10.1. The van der Waals surface area contributed by atoms with Gasteiger partial charge in [-0.15, -0.1) is 0 Å². The average Bonchev–Trinajstić information content (AvgIpc) is 2.44. The van der Waals surface area contributed by atoms with E-state index in [1.165, 1.54) is 5.56 Å². The third-order valence-electron chi connectivity index (χ3n) is 3.51. The van der Waals surface area contributed by atoms with Gasteiger partial charge in [0.15, 0.2) is 0 Å². The van der Waals surface area contributed by atoms with Crippen LogP contribution < -0.4 is 5.32 Å². The van der Waals surface area contributed by atoms with Gasteiger partial charge < -0.3 is 10.2 Å². The van der Waals surface area contributed by atoms with Crippen molar-refractivity contribution < 1.29 is 9.59 Å². The maximum absolute atomic E-state index is 11.9. The van der Waals surface area contributed by atoms with E-state index in [4.69, 9.17) is 0 Å². The van der Waals surface area contributed by atoms with Crippen molar-refractivity contribution in [2.45, 2.75) is 32.2 Å². The van der Waals surface area contributed by atoms with Crippen molar-refractivity contribution in [2.24, 2.45) is 0 Å². The lowest BCUT2D eigenvalue weighted by molar-refractivity contribution is -0.145. The SMILES string of the molecule is CCC1C(=O)NCC(=O)N1CCCc1ccccc1. The molecule has 1 fully saturated rings. The number of benzene rings is 1. The van der Waals surface area contributed by atoms with Gasteiger partial charge in [0, 0.05) is 6.54 Å². The van der Waals surface area contributed by atoms with Gasteiger partial charge in [0.05, 0.1) is 6.54 Å². The molecule has 0 spiro atoms. The second kappa shape index (κ2) is 6.36. The zero-order valence-corrected chi connectivity index (χ0v) is 11.3. The van der Waals surface area contributed by atoms with E-state index in [1.807, 2.05) is 25.1 Å². The van der Waals surface area contributed by atoms with Gasteiger partial charge in [-0.3, -0.25) is 9.59 Å². The van der Waals surface area contributed by atoms with Crippen LogP contribution in [0.25, 0.3) is 0 Å². The van der Waals surface area contributed by atoms with Crippen molar-refractivity contribution in [3.05, 3.63) is 35.9 Å². The highest BCUT2D eigenvalue weighted by atomic mass is 16.2. The number of nitrogens with zero attached hydrogens (tertiary/aromatic N) is 1. The minimum atomic E-state index is -0.294. The Hall–Kier alpha value is -1.84. The summed E-state index contributed by atoms with van der Waals surface area (Å²) in [6, 6.07) is 9.91. The molecule has 0 aliphatic carbocycles. The maximum atomic E-state index is 11.9. The highest BCUT2D eigenvalue weighted by Gasteiger charge is 2.32. The number of carbonyl (C=O) groups is 2. The second-order valence-corrected chi connectivity index (χ2v) is 4.82. The van der Waals surface area contributed by atoms with Crippen LogP contribution in [0.15, 0.2) is 30.3 Å². The van der Waals surface area contributed by atoms with E-state index >= 15 is 0 Å². The summed E-state index contributed by atoms with van der Waals surface area (Å²) in [7, 11) is 0. The molecule has 0 aromatic heterocycles. The standard InChI is InChI=1S/C15H20N2O2/c1-2-13-15(19)16-11-14(18)17(13)10-6-9-12-7-4-3-5-8-12/h3-5,7-8,13H,2,6,9-11H2,1H3,(H,16,19). The molecule has 1 unspecified atom stereocenters. The molecular weight excluding hydrogens is 240 g/mol. The lowest BCUT2D eigenvalue weighted by Crippen LogP contribution is -2.58. The van der Waals surface area contributed by atoms with Crippen molar-refractivity contribution in [1.29, 1.82) is 0 Å². The molecule has 2 amide bonds. The van der Waals surface area contributed by atoms with Crippen LogP contribution in [0.5, 0.6) is 0 Å². The number of hydrogen-bond acceptors (Lipinski definition) is 2. The van der Waals surface area contributed by atoms with Gasteiger partial charge in [-0.2, -0.15) is 0 Å². The van der Waals surface area contributed by atoms with E-state index in [0.29, 0.717) is 13.0 Å². The van der Waals surface area contributed by atoms with Gasteiger partial charge in [-0.05, 0) is 24.8 Å². The van der Waals surface area contributed by atoms with Crippen LogP contribution in [-0.2, 0) is 16.0 Å². The highest BCUT2D eigenvalue weighted by molar-refractivity contribution is 5.94. The highest BCUT2D eigenvalue weighted by Crippen LogP contribution is 2.11. The van der Waals surface area contributed by atoms with E-state index in [-0.39, 0.29) is 24.4 Å². The van der Waals surface area contributed by atoms with Crippen LogP contribution in [0.3, 0.4) is 0 Å². The van der Waals surface area contributed by atoms with Gasteiger partial charge in [0.25, 0.3) is 0 Å². The molecule has 1 aliphatic rings. The summed E-state index contributed by atoms with van der Waals surface area (Å²) in [5.74, 6) is 0.00122. The number of carbonyl (C=O) groups excluding carboxylic acids is 2. The topological polar surface area (TPSA) is 49.4 Å². The fourth-order valence-corrected chi connectivity index (χ4v) is 2.48. The molecule has 4 heteroatoms. The van der Waals surface area contributed by atoms with E-state index in [1.54, 1.807) is 4.90 Å². The molecule has 0 bridgehead atoms. The molecule has 102 valence electrons. The second-order valence-electron chi connectivity index (χ2n) is 4.82. The monoisotopic (exact) mass is 260 g/mol. The molecule has 0 radical (unpaired) electrons. The van der Waals surface area contributed by atoms with Crippen LogP contribution in [0.4, 0.5) is 0 Å². The molecule has 1 N–H and O–H groups in total. The maximum Gasteiger partial charge on any atom is 0.243 e. The first kappa shape index (κ1) is 13.6. The van der Waals surface area contributed by atoms with Gasteiger partial charge in [-0.25, -0.2) is 0 Å². The number of hydrogen-bond donors (Lipinski definition) is 1. The van der Waals surface area contributed by atoms with E-state index in [9.17, 15) is 9.59 Å². The third-order valence-corrected chi connectivity index (χ3v) is 3.51. The number of rotatable bonds is 5. The Bertz CT molecular complexity index is 445. The summed E-state index contributed by atoms with van der Waals surface area (Å²) in [5, 5.41) is 2.64. The van der Waals surface area contributed by atoms with Crippen LogP contribution in [0, 0.1) is 0 Å². The Morgan fingerprint density at radius 1 is 1.26 bits per heavy atom. The van der Waals surface area contributed by atoms with Gasteiger partial charge in [0.1, 0.15) is 6.04 Å². The van der Waals surface area contributed by atoms with Crippen LogP contribution >= 0.6 is 0 Å². The van der Waals surface area contributed by atoms with Crippen LogP contribution in [-0.4, -0.2) is 35.8 Å². The van der Waals surface area contributed by atoms with Gasteiger partial charge >= 0.3 is 0 Å². The van der Waals surface area contributed by atoms with Crippen molar-refractivity contribution in [3.8, 4) is 0 Å². The van der Waals surface area contributed by atoms with Crippen molar-refractivity contribution in [3.63, 3.8) is 0 Å². The number of piperazine rings is 1.